The van der Waals surface area contributed by atoms with E-state index in [1.165, 1.54) is 30.8 Å². The van der Waals surface area contributed by atoms with Crippen molar-refractivity contribution in [2.45, 2.75) is 13.2 Å². The van der Waals surface area contributed by atoms with E-state index < -0.39 is 11.9 Å². The van der Waals surface area contributed by atoms with E-state index in [0.717, 1.165) is 5.56 Å². The molecule has 134 valence electrons. The average molecular weight is 372 g/mol. The summed E-state index contributed by atoms with van der Waals surface area (Å²) in [5.41, 5.74) is 1.53. The van der Waals surface area contributed by atoms with E-state index in [2.05, 4.69) is 15.0 Å². The third kappa shape index (κ3) is 4.28. The van der Waals surface area contributed by atoms with Crippen molar-refractivity contribution in [1.82, 2.24) is 4.98 Å². The minimum absolute atomic E-state index is 0.180. The first-order valence-electron chi connectivity index (χ1n) is 7.72. The Kier molecular flexibility index (Phi) is 5.65. The molecule has 1 N–H and O–H groups in total. The van der Waals surface area contributed by atoms with Crippen LogP contribution in [-0.2, 0) is 22.6 Å². The number of carbonyl (C=O) groups is 2. The van der Waals surface area contributed by atoms with Crippen LogP contribution in [0.2, 0.25) is 0 Å². The molecule has 7 nitrogen and oxygen atoms in total. The molecule has 3 rings (SSSR count). The van der Waals surface area contributed by atoms with E-state index in [9.17, 15) is 9.59 Å². The molecule has 3 aromatic rings. The Hall–Kier alpha value is -3.13. The summed E-state index contributed by atoms with van der Waals surface area (Å²) in [5, 5.41) is 5.39. The van der Waals surface area contributed by atoms with Crippen LogP contribution >= 0.6 is 11.3 Å². The monoisotopic (exact) mass is 372 g/mol. The van der Waals surface area contributed by atoms with Crippen LogP contribution in [0.4, 0.5) is 5.13 Å². The van der Waals surface area contributed by atoms with Gasteiger partial charge in [0, 0.05) is 11.9 Å². The Labute approximate surface area is 153 Å². The maximum absolute atomic E-state index is 12.1. The molecule has 0 amide bonds. The van der Waals surface area contributed by atoms with Gasteiger partial charge in [-0.2, -0.15) is 0 Å². The fraction of sp³-hybridized carbons (Fsp3) is 0.167. The number of thiazole rings is 1. The summed E-state index contributed by atoms with van der Waals surface area (Å²) >= 11 is 1.31. The highest BCUT2D eigenvalue weighted by Crippen LogP contribution is 2.19. The van der Waals surface area contributed by atoms with Gasteiger partial charge in [0.15, 0.2) is 23.2 Å². The van der Waals surface area contributed by atoms with Gasteiger partial charge in [-0.25, -0.2) is 14.6 Å². The molecule has 0 spiro atoms. The minimum atomic E-state index is -0.596. The van der Waals surface area contributed by atoms with Gasteiger partial charge in [-0.1, -0.05) is 30.3 Å². The molecular weight excluding hydrogens is 356 g/mol. The van der Waals surface area contributed by atoms with Crippen LogP contribution in [0.15, 0.2) is 52.5 Å². The zero-order valence-corrected chi connectivity index (χ0v) is 14.7. The molecule has 0 saturated heterocycles. The van der Waals surface area contributed by atoms with Crippen LogP contribution in [0.1, 0.15) is 32.2 Å². The van der Waals surface area contributed by atoms with Gasteiger partial charge in [0.05, 0.1) is 13.4 Å². The molecule has 0 fully saturated rings. The van der Waals surface area contributed by atoms with Gasteiger partial charge in [0.1, 0.15) is 5.56 Å². The first kappa shape index (κ1) is 17.7. The highest BCUT2D eigenvalue weighted by atomic mass is 32.1. The fourth-order valence-corrected chi connectivity index (χ4v) is 2.85. The van der Waals surface area contributed by atoms with Crippen molar-refractivity contribution in [2.75, 3.05) is 12.4 Å². The number of methoxy groups -OCH3 is 1. The van der Waals surface area contributed by atoms with Crippen LogP contribution in [-0.4, -0.2) is 24.0 Å². The smallest absolute Gasteiger partial charge is 0.358 e. The second-order valence-corrected chi connectivity index (χ2v) is 6.06. The third-order valence-corrected chi connectivity index (χ3v) is 4.28. The zero-order valence-electron chi connectivity index (χ0n) is 13.9. The average Bonchev–Trinajstić information content (AvgIpc) is 3.34. The highest BCUT2D eigenvalue weighted by molar-refractivity contribution is 7.13. The summed E-state index contributed by atoms with van der Waals surface area (Å²) < 4.78 is 15.0. The van der Waals surface area contributed by atoms with Crippen molar-refractivity contribution in [2.24, 2.45) is 0 Å². The number of ether oxygens (including phenoxy) is 2. The molecule has 0 atom stereocenters. The van der Waals surface area contributed by atoms with Gasteiger partial charge >= 0.3 is 11.9 Å². The van der Waals surface area contributed by atoms with E-state index in [1.54, 1.807) is 5.38 Å². The standard InChI is InChI=1S/C18H16N2O5S/c1-23-16(21)13-7-8-24-15(13)10-25-17(22)14-11-26-18(20-14)19-9-12-5-3-2-4-6-12/h2-8,11H,9-10H2,1H3,(H,19,20). The van der Waals surface area contributed by atoms with Crippen molar-refractivity contribution < 1.29 is 23.5 Å². The largest absolute Gasteiger partial charge is 0.465 e. The van der Waals surface area contributed by atoms with E-state index in [1.807, 2.05) is 30.3 Å². The second kappa shape index (κ2) is 8.30. The van der Waals surface area contributed by atoms with Gasteiger partial charge in [0.25, 0.3) is 0 Å². The van der Waals surface area contributed by atoms with Crippen molar-refractivity contribution in [1.29, 1.82) is 0 Å². The zero-order chi connectivity index (χ0) is 18.4. The van der Waals surface area contributed by atoms with Crippen molar-refractivity contribution in [3.63, 3.8) is 0 Å². The Morgan fingerprint density at radius 1 is 1.19 bits per heavy atom. The number of nitrogens with one attached hydrogen (secondary N) is 1. The summed E-state index contributed by atoms with van der Waals surface area (Å²) in [6.07, 6.45) is 1.34. The minimum Gasteiger partial charge on any atom is -0.465 e. The normalized spacial score (nSPS) is 10.3. The lowest BCUT2D eigenvalue weighted by molar-refractivity contribution is 0.0427. The summed E-state index contributed by atoms with van der Waals surface area (Å²) in [5.74, 6) is -0.921. The van der Waals surface area contributed by atoms with Crippen LogP contribution in [0.3, 0.4) is 0 Å². The number of esters is 2. The SMILES string of the molecule is COC(=O)c1ccoc1COC(=O)c1csc(NCc2ccccc2)n1. The topological polar surface area (TPSA) is 90.7 Å². The summed E-state index contributed by atoms with van der Waals surface area (Å²) in [6, 6.07) is 11.3. The number of hydrogen-bond acceptors (Lipinski definition) is 8. The molecule has 0 aliphatic rings. The van der Waals surface area contributed by atoms with Crippen LogP contribution in [0, 0.1) is 0 Å². The Bertz CT molecular complexity index is 888. The molecule has 0 aliphatic heterocycles. The van der Waals surface area contributed by atoms with Gasteiger partial charge < -0.3 is 19.2 Å². The summed E-state index contributed by atoms with van der Waals surface area (Å²) in [6.45, 7) is 0.429. The maximum Gasteiger partial charge on any atom is 0.358 e. The maximum atomic E-state index is 12.1. The van der Waals surface area contributed by atoms with E-state index in [4.69, 9.17) is 9.15 Å². The first-order valence-corrected chi connectivity index (χ1v) is 8.60. The van der Waals surface area contributed by atoms with Gasteiger partial charge in [-0.15, -0.1) is 11.3 Å². The van der Waals surface area contributed by atoms with E-state index in [0.29, 0.717) is 11.7 Å². The molecule has 0 radical (unpaired) electrons. The molecule has 0 saturated carbocycles. The molecular formula is C18H16N2O5S. The predicted molar refractivity (Wildman–Crippen MR) is 95.0 cm³/mol. The van der Waals surface area contributed by atoms with Crippen molar-refractivity contribution >= 4 is 28.4 Å². The molecule has 1 aromatic carbocycles. The number of rotatable bonds is 7. The van der Waals surface area contributed by atoms with Crippen LogP contribution in [0.25, 0.3) is 0 Å². The van der Waals surface area contributed by atoms with Gasteiger partial charge in [0.2, 0.25) is 0 Å². The van der Waals surface area contributed by atoms with E-state index in [-0.39, 0.29) is 23.6 Å². The number of anilines is 1. The predicted octanol–water partition coefficient (Wildman–Crippen LogP) is 3.49. The number of carbonyl (C=O) groups excluding carboxylic acids is 2. The fourth-order valence-electron chi connectivity index (χ4n) is 2.17. The summed E-state index contributed by atoms with van der Waals surface area (Å²) in [7, 11) is 1.27. The lowest BCUT2D eigenvalue weighted by Gasteiger charge is -2.03. The lowest BCUT2D eigenvalue weighted by atomic mass is 10.2. The summed E-state index contributed by atoms with van der Waals surface area (Å²) in [4.78, 5) is 27.9. The second-order valence-electron chi connectivity index (χ2n) is 5.20. The van der Waals surface area contributed by atoms with Crippen LogP contribution in [0.5, 0.6) is 0 Å². The van der Waals surface area contributed by atoms with Crippen molar-refractivity contribution in [3.8, 4) is 0 Å². The number of benzene rings is 1. The van der Waals surface area contributed by atoms with Gasteiger partial charge in [-0.3, -0.25) is 0 Å². The van der Waals surface area contributed by atoms with Crippen LogP contribution < -0.4 is 5.32 Å². The Morgan fingerprint density at radius 2 is 2.00 bits per heavy atom. The molecule has 2 heterocycles. The molecule has 2 aromatic heterocycles. The Balaban J connectivity index is 1.55. The lowest BCUT2D eigenvalue weighted by Crippen LogP contribution is -2.09. The molecule has 8 heteroatoms. The number of aromatic nitrogens is 1. The van der Waals surface area contributed by atoms with Crippen molar-refractivity contribution in [3.05, 3.63) is 70.6 Å². The third-order valence-electron chi connectivity index (χ3n) is 3.48. The molecule has 0 bridgehead atoms. The number of nitrogens with zero attached hydrogens (tertiary/aromatic N) is 1. The highest BCUT2D eigenvalue weighted by Gasteiger charge is 2.18. The number of furan rings is 1. The first-order chi connectivity index (χ1) is 12.7. The number of hydrogen-bond donors (Lipinski definition) is 1. The molecule has 0 unspecified atom stereocenters. The molecule has 0 aliphatic carbocycles. The molecule has 26 heavy (non-hydrogen) atoms. The van der Waals surface area contributed by atoms with E-state index >= 15 is 0 Å². The van der Waals surface area contributed by atoms with Gasteiger partial charge in [-0.05, 0) is 11.6 Å². The Morgan fingerprint density at radius 3 is 2.77 bits per heavy atom. The quantitative estimate of drug-likeness (QED) is 0.635.